The predicted molar refractivity (Wildman–Crippen MR) is 98.7 cm³/mol. The van der Waals surface area contributed by atoms with E-state index < -0.39 is 0 Å². The molecule has 4 heteroatoms. The first-order valence-electron chi connectivity index (χ1n) is 8.74. The van der Waals surface area contributed by atoms with Crippen LogP contribution in [0.5, 0.6) is 11.5 Å². The monoisotopic (exact) mass is 337 g/mol. The average molecular weight is 337 g/mol. The number of aromatic hydroxyl groups is 2. The molecule has 130 valence electrons. The summed E-state index contributed by atoms with van der Waals surface area (Å²) in [6.07, 6.45) is 3.81. The molecule has 25 heavy (non-hydrogen) atoms. The molecule has 0 aliphatic rings. The van der Waals surface area contributed by atoms with Crippen molar-refractivity contribution >= 4 is 0 Å². The van der Waals surface area contributed by atoms with Crippen molar-refractivity contribution in [3.8, 4) is 34.1 Å². The smallest absolute Gasteiger partial charge is 0.170 e. The molecule has 0 atom stereocenters. The normalized spacial score (nSPS) is 11.0. The molecular weight excluding hydrogens is 314 g/mol. The Bertz CT molecular complexity index is 850. The van der Waals surface area contributed by atoms with Crippen LogP contribution >= 0.6 is 0 Å². The van der Waals surface area contributed by atoms with E-state index in [1.807, 2.05) is 24.3 Å². The zero-order chi connectivity index (χ0) is 17.8. The molecule has 0 aliphatic carbocycles. The van der Waals surface area contributed by atoms with Crippen LogP contribution in [0, 0.1) is 0 Å². The number of hydrogen-bond donors (Lipinski definition) is 2. The van der Waals surface area contributed by atoms with Crippen molar-refractivity contribution in [2.75, 3.05) is 0 Å². The number of phenols is 2. The minimum atomic E-state index is 0.228. The summed E-state index contributed by atoms with van der Waals surface area (Å²) in [5.74, 6) is 1.26. The molecule has 0 radical (unpaired) electrons. The van der Waals surface area contributed by atoms with Gasteiger partial charge in [-0.25, -0.2) is 0 Å². The summed E-state index contributed by atoms with van der Waals surface area (Å²) in [5.41, 5.74) is 4.81. The molecule has 2 aromatic carbocycles. The Hall–Kier alpha value is -2.75. The number of nitrogens with zero attached hydrogens (tertiary/aromatic N) is 1. The van der Waals surface area contributed by atoms with Crippen molar-refractivity contribution in [3.63, 3.8) is 0 Å². The lowest BCUT2D eigenvalue weighted by Crippen LogP contribution is -1.93. The van der Waals surface area contributed by atoms with Gasteiger partial charge in [0.05, 0.1) is 0 Å². The fourth-order valence-corrected chi connectivity index (χ4v) is 3.07. The van der Waals surface area contributed by atoms with Crippen molar-refractivity contribution in [2.24, 2.45) is 0 Å². The number of aromatic nitrogens is 1. The Morgan fingerprint density at radius 1 is 0.960 bits per heavy atom. The molecule has 0 saturated heterocycles. The summed E-state index contributed by atoms with van der Waals surface area (Å²) >= 11 is 0. The van der Waals surface area contributed by atoms with Crippen LogP contribution in [0.15, 0.2) is 47.0 Å². The summed E-state index contributed by atoms with van der Waals surface area (Å²) in [7, 11) is 0. The number of hydrogen-bond acceptors (Lipinski definition) is 4. The van der Waals surface area contributed by atoms with E-state index in [9.17, 15) is 10.2 Å². The van der Waals surface area contributed by atoms with Gasteiger partial charge in [-0.2, -0.15) is 0 Å². The van der Waals surface area contributed by atoms with E-state index in [0.29, 0.717) is 0 Å². The second kappa shape index (κ2) is 7.43. The third kappa shape index (κ3) is 3.53. The summed E-state index contributed by atoms with van der Waals surface area (Å²) < 4.78 is 5.72. The van der Waals surface area contributed by atoms with Crippen molar-refractivity contribution in [2.45, 2.75) is 39.5 Å². The van der Waals surface area contributed by atoms with Gasteiger partial charge < -0.3 is 14.7 Å². The topological polar surface area (TPSA) is 66.5 Å². The molecule has 3 rings (SSSR count). The summed E-state index contributed by atoms with van der Waals surface area (Å²) in [6, 6.07) is 12.4. The van der Waals surface area contributed by atoms with Crippen molar-refractivity contribution in [1.82, 2.24) is 5.16 Å². The SMILES string of the molecule is CCCCc1cc(O)ccc1-c1onc(-c2ccc(O)cc2)c1CC. The van der Waals surface area contributed by atoms with Crippen LogP contribution in [-0.4, -0.2) is 15.4 Å². The van der Waals surface area contributed by atoms with Gasteiger partial charge in [-0.05, 0) is 67.3 Å². The van der Waals surface area contributed by atoms with E-state index in [1.54, 1.807) is 18.2 Å². The molecule has 0 saturated carbocycles. The summed E-state index contributed by atoms with van der Waals surface area (Å²) in [4.78, 5) is 0. The highest BCUT2D eigenvalue weighted by Gasteiger charge is 2.20. The molecule has 1 heterocycles. The molecule has 0 spiro atoms. The number of aryl methyl sites for hydroxylation is 1. The molecule has 1 aromatic heterocycles. The zero-order valence-electron chi connectivity index (χ0n) is 14.6. The van der Waals surface area contributed by atoms with Crippen molar-refractivity contribution < 1.29 is 14.7 Å². The molecule has 0 unspecified atom stereocenters. The molecule has 0 amide bonds. The Labute approximate surface area is 147 Å². The van der Waals surface area contributed by atoms with Crippen LogP contribution in [0.1, 0.15) is 37.8 Å². The second-order valence-corrected chi connectivity index (χ2v) is 6.18. The van der Waals surface area contributed by atoms with Crippen LogP contribution in [0.2, 0.25) is 0 Å². The highest BCUT2D eigenvalue weighted by molar-refractivity contribution is 5.75. The highest BCUT2D eigenvalue weighted by Crippen LogP contribution is 2.36. The largest absolute Gasteiger partial charge is 0.508 e. The summed E-state index contributed by atoms with van der Waals surface area (Å²) in [6.45, 7) is 4.23. The van der Waals surface area contributed by atoms with E-state index in [0.717, 1.165) is 59.4 Å². The van der Waals surface area contributed by atoms with E-state index in [2.05, 4.69) is 19.0 Å². The van der Waals surface area contributed by atoms with E-state index in [1.165, 1.54) is 0 Å². The van der Waals surface area contributed by atoms with Gasteiger partial charge in [0.25, 0.3) is 0 Å². The first-order valence-corrected chi connectivity index (χ1v) is 8.74. The molecule has 2 N–H and O–H groups in total. The maximum absolute atomic E-state index is 9.85. The fourth-order valence-electron chi connectivity index (χ4n) is 3.07. The maximum Gasteiger partial charge on any atom is 0.170 e. The Morgan fingerprint density at radius 2 is 1.68 bits per heavy atom. The van der Waals surface area contributed by atoms with E-state index in [4.69, 9.17) is 4.52 Å². The van der Waals surface area contributed by atoms with Crippen molar-refractivity contribution in [3.05, 3.63) is 53.6 Å². The Balaban J connectivity index is 2.08. The highest BCUT2D eigenvalue weighted by atomic mass is 16.5. The van der Waals surface area contributed by atoms with Crippen LogP contribution in [0.4, 0.5) is 0 Å². The predicted octanol–water partition coefficient (Wildman–Crippen LogP) is 5.32. The quantitative estimate of drug-likeness (QED) is 0.638. The number of benzene rings is 2. The molecule has 0 bridgehead atoms. The minimum absolute atomic E-state index is 0.228. The Kier molecular flexibility index (Phi) is 5.08. The zero-order valence-corrected chi connectivity index (χ0v) is 14.6. The molecule has 0 fully saturated rings. The lowest BCUT2D eigenvalue weighted by atomic mass is 9.95. The third-order valence-corrected chi connectivity index (χ3v) is 4.42. The minimum Gasteiger partial charge on any atom is -0.508 e. The van der Waals surface area contributed by atoms with Crippen LogP contribution < -0.4 is 0 Å². The van der Waals surface area contributed by atoms with E-state index >= 15 is 0 Å². The molecule has 3 aromatic rings. The fraction of sp³-hybridized carbons (Fsp3) is 0.286. The maximum atomic E-state index is 9.85. The number of rotatable bonds is 6. The van der Waals surface area contributed by atoms with Gasteiger partial charge in [-0.3, -0.25) is 0 Å². The van der Waals surface area contributed by atoms with Crippen LogP contribution in [0.3, 0.4) is 0 Å². The first-order chi connectivity index (χ1) is 12.1. The van der Waals surface area contributed by atoms with Crippen LogP contribution in [0.25, 0.3) is 22.6 Å². The lowest BCUT2D eigenvalue weighted by Gasteiger charge is -2.09. The number of unbranched alkanes of at least 4 members (excludes halogenated alkanes) is 1. The van der Waals surface area contributed by atoms with Gasteiger partial charge in [0.1, 0.15) is 17.2 Å². The lowest BCUT2D eigenvalue weighted by molar-refractivity contribution is 0.433. The van der Waals surface area contributed by atoms with Crippen molar-refractivity contribution in [1.29, 1.82) is 0 Å². The van der Waals surface area contributed by atoms with Gasteiger partial charge in [-0.1, -0.05) is 25.4 Å². The average Bonchev–Trinajstić information content (AvgIpc) is 3.04. The van der Waals surface area contributed by atoms with Gasteiger partial charge in [0.2, 0.25) is 0 Å². The Morgan fingerprint density at radius 3 is 2.36 bits per heavy atom. The summed E-state index contributed by atoms with van der Waals surface area (Å²) in [5, 5.41) is 23.6. The number of phenolic OH excluding ortho intramolecular Hbond substituents is 2. The standard InChI is InChI=1S/C21H23NO3/c1-3-5-6-15-13-17(24)11-12-19(15)21-18(4-2)20(22-25-21)14-7-9-16(23)10-8-14/h7-13,23-24H,3-6H2,1-2H3. The van der Waals surface area contributed by atoms with E-state index in [-0.39, 0.29) is 11.5 Å². The second-order valence-electron chi connectivity index (χ2n) is 6.18. The van der Waals surface area contributed by atoms with Gasteiger partial charge in [0, 0.05) is 16.7 Å². The van der Waals surface area contributed by atoms with Gasteiger partial charge in [0.15, 0.2) is 5.76 Å². The molecule has 4 nitrogen and oxygen atoms in total. The van der Waals surface area contributed by atoms with Gasteiger partial charge >= 0.3 is 0 Å². The van der Waals surface area contributed by atoms with Gasteiger partial charge in [-0.15, -0.1) is 0 Å². The molecular formula is C21H23NO3. The third-order valence-electron chi connectivity index (χ3n) is 4.42. The molecule has 0 aliphatic heterocycles. The van der Waals surface area contributed by atoms with Crippen LogP contribution in [-0.2, 0) is 12.8 Å². The first kappa shape index (κ1) is 17.1.